The van der Waals surface area contributed by atoms with Gasteiger partial charge in [-0.05, 0) is 67.6 Å². The van der Waals surface area contributed by atoms with Crippen LogP contribution in [-0.2, 0) is 16.6 Å². The third-order valence-electron chi connectivity index (χ3n) is 4.39. The second-order valence-corrected chi connectivity index (χ2v) is 9.15. The molecular formula is C18H24ClN3O3S2. The smallest absolute Gasteiger partial charge is 0.251 e. The quantitative estimate of drug-likeness (QED) is 0.630. The highest BCUT2D eigenvalue weighted by Gasteiger charge is 2.17. The Hall–Kier alpha value is -1.45. The molecule has 9 heteroatoms. The van der Waals surface area contributed by atoms with Crippen molar-refractivity contribution in [3.63, 3.8) is 0 Å². The molecule has 1 amide bonds. The van der Waals surface area contributed by atoms with Gasteiger partial charge in [-0.2, -0.15) is 0 Å². The Morgan fingerprint density at radius 1 is 1.22 bits per heavy atom. The summed E-state index contributed by atoms with van der Waals surface area (Å²) in [6.07, 6.45) is 2.24. The lowest BCUT2D eigenvalue weighted by Crippen LogP contribution is -2.38. The number of thiophene rings is 1. The molecule has 1 fully saturated rings. The van der Waals surface area contributed by atoms with E-state index in [1.54, 1.807) is 12.1 Å². The van der Waals surface area contributed by atoms with Crippen LogP contribution in [0, 0.1) is 5.92 Å². The number of amides is 1. The van der Waals surface area contributed by atoms with Crippen molar-refractivity contribution in [1.82, 2.24) is 15.4 Å². The molecule has 27 heavy (non-hydrogen) atoms. The van der Waals surface area contributed by atoms with Crippen molar-refractivity contribution in [2.24, 2.45) is 5.92 Å². The van der Waals surface area contributed by atoms with Crippen molar-refractivity contribution in [3.05, 3.63) is 52.2 Å². The van der Waals surface area contributed by atoms with Gasteiger partial charge in [-0.3, -0.25) is 4.79 Å². The third-order valence-corrected chi connectivity index (χ3v) is 6.69. The highest BCUT2D eigenvalue weighted by Crippen LogP contribution is 2.14. The molecule has 3 rings (SSSR count). The number of hydrogen-bond donors (Lipinski definition) is 3. The van der Waals surface area contributed by atoms with E-state index in [1.807, 2.05) is 17.5 Å². The summed E-state index contributed by atoms with van der Waals surface area (Å²) in [6.45, 7) is 2.86. The van der Waals surface area contributed by atoms with Crippen LogP contribution >= 0.6 is 23.7 Å². The fourth-order valence-corrected chi connectivity index (χ4v) is 4.63. The maximum Gasteiger partial charge on any atom is 0.251 e. The van der Waals surface area contributed by atoms with E-state index in [4.69, 9.17) is 0 Å². The summed E-state index contributed by atoms with van der Waals surface area (Å²) in [5.74, 6) is 0.278. The van der Waals surface area contributed by atoms with Gasteiger partial charge < -0.3 is 10.6 Å². The summed E-state index contributed by atoms with van der Waals surface area (Å²) in [4.78, 5) is 13.3. The first-order valence-electron chi connectivity index (χ1n) is 8.65. The van der Waals surface area contributed by atoms with Crippen molar-refractivity contribution >= 4 is 39.7 Å². The van der Waals surface area contributed by atoms with Crippen LogP contribution < -0.4 is 15.4 Å². The van der Waals surface area contributed by atoms with E-state index < -0.39 is 10.0 Å². The summed E-state index contributed by atoms with van der Waals surface area (Å²) in [6, 6.07) is 9.79. The molecule has 1 aromatic heterocycles. The molecule has 0 aliphatic carbocycles. The van der Waals surface area contributed by atoms with Crippen molar-refractivity contribution in [2.45, 2.75) is 24.3 Å². The number of nitrogens with one attached hydrogen (secondary N) is 3. The fraction of sp³-hybridized carbons (Fsp3) is 0.389. The molecule has 1 aliphatic heterocycles. The molecule has 1 aliphatic rings. The lowest BCUT2D eigenvalue weighted by atomic mass is 10.00. The zero-order valence-electron chi connectivity index (χ0n) is 14.8. The van der Waals surface area contributed by atoms with E-state index in [1.165, 1.54) is 23.5 Å². The predicted molar refractivity (Wildman–Crippen MR) is 110 cm³/mol. The standard InChI is InChI=1S/C18H23N3O3S2.ClH/c22-18(20-12-14-3-1-9-19-11-14)15-5-7-17(8-6-15)26(23,24)21-13-16-4-2-10-25-16;/h2,4-8,10,14,19,21H,1,3,9,11-13H2,(H,20,22);1H. The summed E-state index contributed by atoms with van der Waals surface area (Å²) in [5.41, 5.74) is 0.464. The van der Waals surface area contributed by atoms with E-state index in [2.05, 4.69) is 15.4 Å². The normalized spacial score (nSPS) is 17.1. The number of halogens is 1. The van der Waals surface area contributed by atoms with E-state index >= 15 is 0 Å². The number of benzene rings is 1. The van der Waals surface area contributed by atoms with E-state index in [0.29, 0.717) is 18.0 Å². The molecule has 0 bridgehead atoms. The number of piperidine rings is 1. The minimum atomic E-state index is -3.59. The number of carbonyl (C=O) groups is 1. The van der Waals surface area contributed by atoms with Gasteiger partial charge in [0.2, 0.25) is 10.0 Å². The van der Waals surface area contributed by atoms with Gasteiger partial charge >= 0.3 is 0 Å². The molecule has 148 valence electrons. The number of hydrogen-bond acceptors (Lipinski definition) is 5. The van der Waals surface area contributed by atoms with Crippen molar-refractivity contribution in [1.29, 1.82) is 0 Å². The molecule has 1 saturated heterocycles. The first-order chi connectivity index (χ1) is 12.5. The molecule has 0 spiro atoms. The predicted octanol–water partition coefficient (Wildman–Crippen LogP) is 2.38. The first-order valence-corrected chi connectivity index (χ1v) is 11.0. The minimum Gasteiger partial charge on any atom is -0.352 e. The summed E-state index contributed by atoms with van der Waals surface area (Å²) >= 11 is 1.50. The Bertz CT molecular complexity index is 818. The molecule has 2 aromatic rings. The molecule has 1 unspecified atom stereocenters. The summed E-state index contributed by atoms with van der Waals surface area (Å²) < 4.78 is 27.2. The van der Waals surface area contributed by atoms with Gasteiger partial charge in [0.05, 0.1) is 4.90 Å². The highest BCUT2D eigenvalue weighted by atomic mass is 35.5. The third kappa shape index (κ3) is 6.29. The molecule has 3 N–H and O–H groups in total. The Kier molecular flexibility index (Phi) is 8.25. The molecule has 0 saturated carbocycles. The Morgan fingerprint density at radius 2 is 2.00 bits per heavy atom. The largest absolute Gasteiger partial charge is 0.352 e. The van der Waals surface area contributed by atoms with Gasteiger partial charge in [-0.1, -0.05) is 6.07 Å². The van der Waals surface area contributed by atoms with Gasteiger partial charge in [0.1, 0.15) is 0 Å². The van der Waals surface area contributed by atoms with Gasteiger partial charge in [0.15, 0.2) is 0 Å². The van der Waals surface area contributed by atoms with Crippen LogP contribution in [0.5, 0.6) is 0 Å². The van der Waals surface area contributed by atoms with Crippen LogP contribution in [0.25, 0.3) is 0 Å². The second kappa shape index (κ2) is 10.2. The monoisotopic (exact) mass is 429 g/mol. The molecule has 2 heterocycles. The van der Waals surface area contributed by atoms with Crippen molar-refractivity contribution in [3.8, 4) is 0 Å². The van der Waals surface area contributed by atoms with Crippen LogP contribution in [0.15, 0.2) is 46.7 Å². The van der Waals surface area contributed by atoms with Crippen LogP contribution in [0.1, 0.15) is 28.1 Å². The van der Waals surface area contributed by atoms with E-state index in [9.17, 15) is 13.2 Å². The molecule has 0 radical (unpaired) electrons. The maximum absolute atomic E-state index is 12.3. The first kappa shape index (κ1) is 21.8. The lowest BCUT2D eigenvalue weighted by Gasteiger charge is -2.22. The summed E-state index contributed by atoms with van der Waals surface area (Å²) in [7, 11) is -3.59. The average Bonchev–Trinajstić information content (AvgIpc) is 3.19. The number of rotatable bonds is 7. The summed E-state index contributed by atoms with van der Waals surface area (Å²) in [5, 5.41) is 8.15. The van der Waals surface area contributed by atoms with Gasteiger partial charge in [-0.15, -0.1) is 23.7 Å². The molecule has 1 atom stereocenters. The maximum atomic E-state index is 12.3. The van der Waals surface area contributed by atoms with Gasteiger partial charge in [0.25, 0.3) is 5.91 Å². The average molecular weight is 430 g/mol. The topological polar surface area (TPSA) is 87.3 Å². The zero-order valence-corrected chi connectivity index (χ0v) is 17.3. The van der Waals surface area contributed by atoms with Gasteiger partial charge in [-0.25, -0.2) is 13.1 Å². The lowest BCUT2D eigenvalue weighted by molar-refractivity contribution is 0.0944. The Morgan fingerprint density at radius 3 is 2.63 bits per heavy atom. The van der Waals surface area contributed by atoms with Crippen molar-refractivity contribution < 1.29 is 13.2 Å². The van der Waals surface area contributed by atoms with Crippen LogP contribution in [0.3, 0.4) is 0 Å². The molecular weight excluding hydrogens is 406 g/mol. The molecule has 1 aromatic carbocycles. The van der Waals surface area contributed by atoms with Crippen LogP contribution in [0.2, 0.25) is 0 Å². The minimum absolute atomic E-state index is 0. The second-order valence-electron chi connectivity index (χ2n) is 6.35. The number of sulfonamides is 1. The van der Waals surface area contributed by atoms with Crippen LogP contribution in [0.4, 0.5) is 0 Å². The highest BCUT2D eigenvalue weighted by molar-refractivity contribution is 7.89. The Balaban J connectivity index is 0.00000261. The number of carbonyl (C=O) groups excluding carboxylic acids is 1. The van der Waals surface area contributed by atoms with Crippen molar-refractivity contribution in [2.75, 3.05) is 19.6 Å². The zero-order chi connectivity index (χ0) is 18.4. The SMILES string of the molecule is Cl.O=C(NCC1CCCNC1)c1ccc(S(=O)(=O)NCc2cccs2)cc1. The fourth-order valence-electron chi connectivity index (χ4n) is 2.89. The van der Waals surface area contributed by atoms with E-state index in [0.717, 1.165) is 30.8 Å². The van der Waals surface area contributed by atoms with Gasteiger partial charge in [0, 0.05) is 23.5 Å². The van der Waals surface area contributed by atoms with Crippen LogP contribution in [-0.4, -0.2) is 34.0 Å². The van der Waals surface area contributed by atoms with E-state index in [-0.39, 0.29) is 29.8 Å². The molecule has 6 nitrogen and oxygen atoms in total. The Labute approximate surface area is 170 Å².